The van der Waals surface area contributed by atoms with Gasteiger partial charge in [0.1, 0.15) is 6.61 Å². The Balaban J connectivity index is 1.72. The zero-order valence-electron chi connectivity index (χ0n) is 10.6. The second-order valence-electron chi connectivity index (χ2n) is 4.67. The first-order valence-corrected chi connectivity index (χ1v) is 6.56. The fourth-order valence-corrected chi connectivity index (χ4v) is 2.12. The van der Waals surface area contributed by atoms with Crippen LogP contribution in [0.15, 0.2) is 35.5 Å². The van der Waals surface area contributed by atoms with Crippen molar-refractivity contribution < 1.29 is 4.84 Å². The molecule has 1 atom stereocenters. The molecule has 1 aromatic rings. The summed E-state index contributed by atoms with van der Waals surface area (Å²) in [6, 6.07) is 10.1. The summed E-state index contributed by atoms with van der Waals surface area (Å²) in [7, 11) is 0. The Morgan fingerprint density at radius 3 is 2.83 bits per heavy atom. The molecule has 0 N–H and O–H groups in total. The third kappa shape index (κ3) is 3.63. The van der Waals surface area contributed by atoms with Crippen molar-refractivity contribution in [2.24, 2.45) is 11.1 Å². The van der Waals surface area contributed by atoms with E-state index in [1.165, 1.54) is 12.1 Å². The van der Waals surface area contributed by atoms with E-state index in [4.69, 9.17) is 11.3 Å². The lowest BCUT2D eigenvalue weighted by molar-refractivity contribution is 0.125. The number of hydrogen-bond acceptors (Lipinski definition) is 2. The number of benzene rings is 1. The van der Waals surface area contributed by atoms with Crippen molar-refractivity contribution in [2.45, 2.75) is 38.7 Å². The van der Waals surface area contributed by atoms with Crippen LogP contribution in [0.25, 0.3) is 0 Å². The summed E-state index contributed by atoms with van der Waals surface area (Å²) in [4.78, 5) is 5.41. The number of nitrogens with zero attached hydrogens (tertiary/aromatic N) is 1. The predicted molar refractivity (Wildman–Crippen MR) is 74.1 cm³/mol. The van der Waals surface area contributed by atoms with Crippen LogP contribution in [0.2, 0.25) is 0 Å². The van der Waals surface area contributed by atoms with Crippen molar-refractivity contribution in [3.8, 4) is 12.3 Å². The summed E-state index contributed by atoms with van der Waals surface area (Å²) in [5.74, 6) is 3.29. The maximum absolute atomic E-state index is 5.41. The van der Waals surface area contributed by atoms with Crippen LogP contribution in [0.5, 0.6) is 0 Å². The van der Waals surface area contributed by atoms with E-state index in [0.717, 1.165) is 31.2 Å². The van der Waals surface area contributed by atoms with Crippen molar-refractivity contribution in [2.75, 3.05) is 0 Å². The second kappa shape index (κ2) is 6.86. The van der Waals surface area contributed by atoms with Gasteiger partial charge in [0.25, 0.3) is 0 Å². The SMILES string of the molecule is C#CCCCC1CC/C1=N\OCc1ccccc1. The van der Waals surface area contributed by atoms with Crippen molar-refractivity contribution in [1.29, 1.82) is 0 Å². The van der Waals surface area contributed by atoms with Crippen molar-refractivity contribution in [3.63, 3.8) is 0 Å². The molecule has 1 saturated carbocycles. The first-order valence-electron chi connectivity index (χ1n) is 6.56. The average Bonchev–Trinajstić information content (AvgIpc) is 2.39. The molecule has 0 amide bonds. The Hall–Kier alpha value is -1.75. The molecule has 0 radical (unpaired) electrons. The Bertz CT molecular complexity index is 430. The molecule has 1 aliphatic carbocycles. The maximum Gasteiger partial charge on any atom is 0.142 e. The number of hydrogen-bond donors (Lipinski definition) is 0. The summed E-state index contributed by atoms with van der Waals surface area (Å²) in [5.41, 5.74) is 2.37. The molecule has 2 nitrogen and oxygen atoms in total. The third-order valence-electron chi connectivity index (χ3n) is 3.35. The summed E-state index contributed by atoms with van der Waals surface area (Å²) in [5, 5.41) is 4.25. The molecule has 0 heterocycles. The fraction of sp³-hybridized carbons (Fsp3) is 0.438. The average molecular weight is 241 g/mol. The Labute approximate surface area is 109 Å². The van der Waals surface area contributed by atoms with E-state index < -0.39 is 0 Å². The van der Waals surface area contributed by atoms with Gasteiger partial charge in [0, 0.05) is 12.3 Å². The van der Waals surface area contributed by atoms with Gasteiger partial charge in [-0.2, -0.15) is 0 Å². The lowest BCUT2D eigenvalue weighted by Gasteiger charge is -2.27. The minimum absolute atomic E-state index is 0.557. The van der Waals surface area contributed by atoms with Crippen LogP contribution in [0.3, 0.4) is 0 Å². The molecule has 1 unspecified atom stereocenters. The van der Waals surface area contributed by atoms with Gasteiger partial charge in [-0.1, -0.05) is 35.5 Å². The summed E-state index contributed by atoms with van der Waals surface area (Å²) < 4.78 is 0. The predicted octanol–water partition coefficient (Wildman–Crippen LogP) is 3.77. The molecule has 0 saturated heterocycles. The van der Waals surface area contributed by atoms with Crippen LogP contribution in [0, 0.1) is 18.3 Å². The van der Waals surface area contributed by atoms with Crippen LogP contribution in [-0.2, 0) is 11.4 Å². The van der Waals surface area contributed by atoms with Gasteiger partial charge >= 0.3 is 0 Å². The number of oxime groups is 1. The highest BCUT2D eigenvalue weighted by Gasteiger charge is 2.25. The minimum Gasteiger partial charge on any atom is -0.391 e. The number of terminal acetylenes is 1. The van der Waals surface area contributed by atoms with Crippen molar-refractivity contribution in [3.05, 3.63) is 35.9 Å². The highest BCUT2D eigenvalue weighted by molar-refractivity contribution is 5.91. The standard InChI is InChI=1S/C16H19NO/c1-2-3-5-10-15-11-12-16(15)17-18-13-14-8-6-4-7-9-14/h1,4,6-9,15H,3,5,10-13H2/b17-16+. The van der Waals surface area contributed by atoms with Gasteiger partial charge < -0.3 is 4.84 Å². The quantitative estimate of drug-likeness (QED) is 0.422. The highest BCUT2D eigenvalue weighted by Crippen LogP contribution is 2.29. The van der Waals surface area contributed by atoms with Gasteiger partial charge in [-0.25, -0.2) is 0 Å². The Kier molecular flexibility index (Phi) is 4.84. The highest BCUT2D eigenvalue weighted by atomic mass is 16.6. The van der Waals surface area contributed by atoms with E-state index in [9.17, 15) is 0 Å². The summed E-state index contributed by atoms with van der Waals surface area (Å²) in [6.07, 6.45) is 10.7. The Morgan fingerprint density at radius 2 is 2.17 bits per heavy atom. The third-order valence-corrected chi connectivity index (χ3v) is 3.35. The van der Waals surface area contributed by atoms with Crippen LogP contribution >= 0.6 is 0 Å². The van der Waals surface area contributed by atoms with E-state index >= 15 is 0 Å². The zero-order valence-corrected chi connectivity index (χ0v) is 10.6. The Morgan fingerprint density at radius 1 is 1.33 bits per heavy atom. The van der Waals surface area contributed by atoms with Gasteiger partial charge in [-0.3, -0.25) is 0 Å². The lowest BCUT2D eigenvalue weighted by Crippen LogP contribution is -2.26. The molecule has 0 aliphatic heterocycles. The van der Waals surface area contributed by atoms with E-state index in [1.54, 1.807) is 0 Å². The minimum atomic E-state index is 0.557. The molecular formula is C16H19NO. The van der Waals surface area contributed by atoms with Crippen LogP contribution in [0.1, 0.15) is 37.7 Å². The van der Waals surface area contributed by atoms with E-state index in [2.05, 4.69) is 11.1 Å². The van der Waals surface area contributed by atoms with Crippen LogP contribution in [-0.4, -0.2) is 5.71 Å². The van der Waals surface area contributed by atoms with Crippen molar-refractivity contribution >= 4 is 5.71 Å². The molecule has 2 heteroatoms. The first-order chi connectivity index (χ1) is 8.90. The fourth-order valence-electron chi connectivity index (χ4n) is 2.12. The normalized spacial score (nSPS) is 20.2. The lowest BCUT2D eigenvalue weighted by atomic mass is 9.79. The molecule has 1 fully saturated rings. The molecule has 94 valence electrons. The van der Waals surface area contributed by atoms with Gasteiger partial charge in [-0.05, 0) is 31.2 Å². The molecule has 18 heavy (non-hydrogen) atoms. The smallest absolute Gasteiger partial charge is 0.142 e. The summed E-state index contributed by atoms with van der Waals surface area (Å²) >= 11 is 0. The van der Waals surface area contributed by atoms with E-state index in [0.29, 0.717) is 12.5 Å². The van der Waals surface area contributed by atoms with E-state index in [-0.39, 0.29) is 0 Å². The van der Waals surface area contributed by atoms with Gasteiger partial charge in [0.05, 0.1) is 5.71 Å². The van der Waals surface area contributed by atoms with Gasteiger partial charge in [-0.15, -0.1) is 12.3 Å². The topological polar surface area (TPSA) is 21.6 Å². The molecule has 0 aromatic heterocycles. The first kappa shape index (κ1) is 12.7. The largest absolute Gasteiger partial charge is 0.391 e. The molecule has 0 bridgehead atoms. The van der Waals surface area contributed by atoms with E-state index in [1.807, 2.05) is 30.3 Å². The van der Waals surface area contributed by atoms with Crippen molar-refractivity contribution in [1.82, 2.24) is 0 Å². The monoisotopic (exact) mass is 241 g/mol. The molecule has 1 aromatic carbocycles. The molecular weight excluding hydrogens is 222 g/mol. The molecule has 1 aliphatic rings. The van der Waals surface area contributed by atoms with Crippen LogP contribution < -0.4 is 0 Å². The molecule has 2 rings (SSSR count). The molecule has 0 spiro atoms. The second-order valence-corrected chi connectivity index (χ2v) is 4.67. The van der Waals surface area contributed by atoms with Gasteiger partial charge in [0.15, 0.2) is 0 Å². The summed E-state index contributed by atoms with van der Waals surface area (Å²) in [6.45, 7) is 0.557. The maximum atomic E-state index is 5.41. The van der Waals surface area contributed by atoms with Gasteiger partial charge in [0.2, 0.25) is 0 Å². The number of unbranched alkanes of at least 4 members (excludes halogenated alkanes) is 1. The number of rotatable bonds is 6. The van der Waals surface area contributed by atoms with Crippen LogP contribution in [0.4, 0.5) is 0 Å². The zero-order chi connectivity index (χ0) is 12.6.